The van der Waals surface area contributed by atoms with E-state index in [-0.39, 0.29) is 38.3 Å². The summed E-state index contributed by atoms with van der Waals surface area (Å²) in [6.07, 6.45) is 1.99. The Morgan fingerprint density at radius 2 is 1.95 bits per heavy atom. The standard InChI is InChI=1S/C15H16NO2S.Y/c1-3-16-14(5-4-6-15(16)17)12-7-9-13(10-8-12)18-11-19-2;/h4,6-10H,3,11H2,1-2H3;/q-1;. The number of pyridine rings is 1. The molecule has 0 bridgehead atoms. The summed E-state index contributed by atoms with van der Waals surface area (Å²) in [6, 6.07) is 14.1. The van der Waals surface area contributed by atoms with Gasteiger partial charge in [-0.25, -0.2) is 0 Å². The molecule has 1 aromatic carbocycles. The van der Waals surface area contributed by atoms with Crippen molar-refractivity contribution in [2.24, 2.45) is 0 Å². The van der Waals surface area contributed by atoms with Gasteiger partial charge in [0.25, 0.3) is 0 Å². The van der Waals surface area contributed by atoms with E-state index in [4.69, 9.17) is 4.74 Å². The van der Waals surface area contributed by atoms with Crippen molar-refractivity contribution in [3.63, 3.8) is 0 Å². The van der Waals surface area contributed by atoms with Crippen LogP contribution in [-0.4, -0.2) is 16.8 Å². The Balaban J connectivity index is 0.00000200. The maximum atomic E-state index is 11.8. The third kappa shape index (κ3) is 4.21. The Labute approximate surface area is 148 Å². The molecular weight excluding hydrogens is 347 g/mol. The summed E-state index contributed by atoms with van der Waals surface area (Å²) in [5.41, 5.74) is 1.78. The zero-order chi connectivity index (χ0) is 13.7. The molecule has 0 unspecified atom stereocenters. The topological polar surface area (TPSA) is 31.2 Å². The zero-order valence-electron chi connectivity index (χ0n) is 11.6. The number of hydrogen-bond acceptors (Lipinski definition) is 3. The molecule has 1 heterocycles. The van der Waals surface area contributed by atoms with E-state index in [9.17, 15) is 4.79 Å². The molecule has 0 aliphatic heterocycles. The summed E-state index contributed by atoms with van der Waals surface area (Å²) >= 11 is 1.63. The molecule has 0 fully saturated rings. The minimum atomic E-state index is -0.000963. The Bertz CT molecular complexity index is 596. The first-order valence-electron chi connectivity index (χ1n) is 6.10. The first kappa shape index (κ1) is 17.5. The van der Waals surface area contributed by atoms with E-state index in [1.54, 1.807) is 22.4 Å². The van der Waals surface area contributed by atoms with Crippen molar-refractivity contribution < 1.29 is 37.4 Å². The van der Waals surface area contributed by atoms with E-state index < -0.39 is 0 Å². The summed E-state index contributed by atoms with van der Waals surface area (Å²) in [5.74, 6) is 1.47. The van der Waals surface area contributed by atoms with Gasteiger partial charge in [-0.15, -0.1) is 23.9 Å². The fourth-order valence-corrected chi connectivity index (χ4v) is 2.11. The van der Waals surface area contributed by atoms with E-state index in [1.165, 1.54) is 6.07 Å². The van der Waals surface area contributed by atoms with Gasteiger partial charge in [0, 0.05) is 39.3 Å². The molecule has 5 heteroatoms. The first-order chi connectivity index (χ1) is 9.26. The fraction of sp³-hybridized carbons (Fsp3) is 0.267. The van der Waals surface area contributed by atoms with Gasteiger partial charge in [0.1, 0.15) is 11.7 Å². The van der Waals surface area contributed by atoms with Crippen molar-refractivity contribution in [2.75, 3.05) is 12.2 Å². The van der Waals surface area contributed by atoms with Gasteiger partial charge >= 0.3 is 0 Å². The smallest absolute Gasteiger partial charge is 0.194 e. The molecular formula is C15H16NO2SY-. The van der Waals surface area contributed by atoms with Crippen LogP contribution in [0.1, 0.15) is 6.92 Å². The van der Waals surface area contributed by atoms with Gasteiger partial charge in [0.2, 0.25) is 0 Å². The normalized spacial score (nSPS) is 9.90. The average molecular weight is 363 g/mol. The number of benzene rings is 1. The van der Waals surface area contributed by atoms with Crippen LogP contribution in [0.15, 0.2) is 41.2 Å². The van der Waals surface area contributed by atoms with Crippen molar-refractivity contribution in [2.45, 2.75) is 13.5 Å². The molecule has 0 aliphatic carbocycles. The van der Waals surface area contributed by atoms with Crippen LogP contribution in [0, 0.1) is 6.07 Å². The van der Waals surface area contributed by atoms with E-state index in [2.05, 4.69) is 6.07 Å². The maximum absolute atomic E-state index is 11.8. The van der Waals surface area contributed by atoms with Crippen molar-refractivity contribution in [3.8, 4) is 17.0 Å². The van der Waals surface area contributed by atoms with E-state index in [0.717, 1.165) is 17.0 Å². The number of aromatic nitrogens is 1. The predicted octanol–water partition coefficient (Wildman–Crippen LogP) is 3.03. The molecule has 0 saturated carbocycles. The number of thioether (sulfide) groups is 1. The van der Waals surface area contributed by atoms with E-state index >= 15 is 0 Å². The van der Waals surface area contributed by atoms with Gasteiger partial charge in [-0.05, 0) is 25.3 Å². The second-order valence-corrected chi connectivity index (χ2v) is 4.80. The third-order valence-corrected chi connectivity index (χ3v) is 3.12. The van der Waals surface area contributed by atoms with Crippen LogP contribution in [0.5, 0.6) is 5.75 Å². The second-order valence-electron chi connectivity index (χ2n) is 3.98. The molecule has 0 atom stereocenters. The van der Waals surface area contributed by atoms with Crippen molar-refractivity contribution in [1.82, 2.24) is 4.57 Å². The fourth-order valence-electron chi connectivity index (χ4n) is 1.86. The van der Waals surface area contributed by atoms with Crippen molar-refractivity contribution in [3.05, 3.63) is 52.8 Å². The van der Waals surface area contributed by atoms with Gasteiger partial charge in [0.15, 0.2) is 5.56 Å². The molecule has 0 N–H and O–H groups in total. The van der Waals surface area contributed by atoms with Crippen LogP contribution < -0.4 is 10.3 Å². The monoisotopic (exact) mass is 363 g/mol. The minimum Gasteiger partial charge on any atom is -0.483 e. The molecule has 20 heavy (non-hydrogen) atoms. The van der Waals surface area contributed by atoms with Crippen LogP contribution in [0.25, 0.3) is 11.3 Å². The largest absolute Gasteiger partial charge is 0.483 e. The molecule has 3 nitrogen and oxygen atoms in total. The molecule has 1 aromatic heterocycles. The molecule has 0 aliphatic rings. The molecule has 103 valence electrons. The van der Waals surface area contributed by atoms with Gasteiger partial charge in [0.05, 0.1) is 0 Å². The average Bonchev–Trinajstić information content (AvgIpc) is 2.45. The first-order valence-corrected chi connectivity index (χ1v) is 7.49. The Morgan fingerprint density at radius 3 is 2.55 bits per heavy atom. The molecule has 0 saturated heterocycles. The molecule has 2 aromatic rings. The quantitative estimate of drug-likeness (QED) is 0.605. The SMILES string of the molecule is CCn1c(-c2ccc(OCSC)cc2)[c-]ccc1=O.[Y]. The Kier molecular flexibility index (Phi) is 7.56. The second kappa shape index (κ2) is 8.65. The summed E-state index contributed by atoms with van der Waals surface area (Å²) in [4.78, 5) is 11.8. The summed E-state index contributed by atoms with van der Waals surface area (Å²) < 4.78 is 7.22. The van der Waals surface area contributed by atoms with Crippen LogP contribution in [0.3, 0.4) is 0 Å². The van der Waals surface area contributed by atoms with Crippen LogP contribution in [-0.2, 0) is 39.3 Å². The van der Waals surface area contributed by atoms with Crippen molar-refractivity contribution >= 4 is 11.8 Å². The van der Waals surface area contributed by atoms with Gasteiger partial charge in [-0.1, -0.05) is 17.3 Å². The zero-order valence-corrected chi connectivity index (χ0v) is 15.3. The molecule has 0 amide bonds. The van der Waals surface area contributed by atoms with Gasteiger partial charge in [-0.3, -0.25) is 4.79 Å². The van der Waals surface area contributed by atoms with Crippen LogP contribution >= 0.6 is 11.8 Å². The molecule has 0 spiro atoms. The summed E-state index contributed by atoms with van der Waals surface area (Å²) in [7, 11) is 0. The summed E-state index contributed by atoms with van der Waals surface area (Å²) in [6.45, 7) is 2.59. The maximum Gasteiger partial charge on any atom is 0.194 e. The van der Waals surface area contributed by atoms with E-state index in [0.29, 0.717) is 12.5 Å². The number of ether oxygens (including phenoxy) is 1. The molecule has 2 rings (SSSR count). The van der Waals surface area contributed by atoms with Gasteiger partial charge in [-0.2, -0.15) is 12.1 Å². The number of nitrogens with zero attached hydrogens (tertiary/aromatic N) is 1. The number of hydrogen-bond donors (Lipinski definition) is 0. The number of rotatable bonds is 5. The third-order valence-electron chi connectivity index (χ3n) is 2.77. The summed E-state index contributed by atoms with van der Waals surface area (Å²) in [5, 5.41) is 0. The van der Waals surface area contributed by atoms with Crippen LogP contribution in [0.4, 0.5) is 0 Å². The Morgan fingerprint density at radius 1 is 1.25 bits per heavy atom. The molecule has 1 radical (unpaired) electrons. The Hall–Kier alpha value is -0.576. The van der Waals surface area contributed by atoms with Gasteiger partial charge < -0.3 is 9.30 Å². The van der Waals surface area contributed by atoms with Crippen LogP contribution in [0.2, 0.25) is 0 Å². The minimum absolute atomic E-state index is 0. The van der Waals surface area contributed by atoms with E-state index in [1.807, 2.05) is 37.4 Å². The predicted molar refractivity (Wildman–Crippen MR) is 79.7 cm³/mol. The van der Waals surface area contributed by atoms with Crippen molar-refractivity contribution in [1.29, 1.82) is 0 Å².